The summed E-state index contributed by atoms with van der Waals surface area (Å²) in [5, 5.41) is 6.83. The van der Waals surface area contributed by atoms with E-state index in [0.717, 1.165) is 6.42 Å². The fourth-order valence-electron chi connectivity index (χ4n) is 8.59. The van der Waals surface area contributed by atoms with Crippen LogP contribution in [0.2, 0.25) is 18.6 Å². The Morgan fingerprint density at radius 2 is 1.41 bits per heavy atom. The van der Waals surface area contributed by atoms with Crippen LogP contribution in [0, 0.1) is 23.7 Å². The highest BCUT2D eigenvalue weighted by molar-refractivity contribution is 6.76. The van der Waals surface area contributed by atoms with Crippen LogP contribution in [0.25, 0.3) is 16.3 Å². The Morgan fingerprint density at radius 1 is 0.757 bits per heavy atom. The van der Waals surface area contributed by atoms with Gasteiger partial charge in [0.25, 0.3) is 0 Å². The first-order valence-electron chi connectivity index (χ1n) is 14.2. The van der Waals surface area contributed by atoms with Crippen molar-refractivity contribution >= 4 is 24.6 Å². The maximum atomic E-state index is 4.16. The third kappa shape index (κ3) is 3.51. The van der Waals surface area contributed by atoms with E-state index in [1.54, 1.807) is 0 Å². The summed E-state index contributed by atoms with van der Waals surface area (Å²) >= 11 is 0. The van der Waals surface area contributed by atoms with E-state index in [9.17, 15) is 0 Å². The molecular formula is C34H38N2Si. The monoisotopic (exact) mass is 502 g/mol. The molecule has 1 heterocycles. The molecule has 0 bridgehead atoms. The Labute approximate surface area is 222 Å². The van der Waals surface area contributed by atoms with Crippen molar-refractivity contribution in [1.82, 2.24) is 9.88 Å². The second kappa shape index (κ2) is 8.94. The number of hydrogen-bond donors (Lipinski definition) is 1. The van der Waals surface area contributed by atoms with Gasteiger partial charge in [-0.05, 0) is 57.5 Å². The minimum atomic E-state index is -1.91. The highest BCUT2D eigenvalue weighted by Gasteiger charge is 2.59. The van der Waals surface area contributed by atoms with Crippen molar-refractivity contribution in [2.75, 3.05) is 0 Å². The SMILES string of the molecule is CC[C@H]1NC2C(c3cccc4ccccc34)=CC=C[C@H]2N1[Si](C)(C)C1C2C=CC=CC2C2C=CC=CC21. The van der Waals surface area contributed by atoms with E-state index in [2.05, 4.69) is 139 Å². The van der Waals surface area contributed by atoms with Crippen molar-refractivity contribution in [3.05, 3.63) is 115 Å². The fourth-order valence-corrected chi connectivity index (χ4v) is 13.5. The van der Waals surface area contributed by atoms with Crippen LogP contribution in [-0.4, -0.2) is 31.1 Å². The molecule has 37 heavy (non-hydrogen) atoms. The Balaban J connectivity index is 1.28. The number of hydrogen-bond acceptors (Lipinski definition) is 2. The van der Waals surface area contributed by atoms with E-state index in [4.69, 9.17) is 0 Å². The van der Waals surface area contributed by atoms with Crippen LogP contribution in [0.3, 0.4) is 0 Å². The lowest BCUT2D eigenvalue weighted by molar-refractivity contribution is 0.312. The van der Waals surface area contributed by atoms with Crippen molar-refractivity contribution in [2.24, 2.45) is 23.7 Å². The van der Waals surface area contributed by atoms with E-state index >= 15 is 0 Å². The van der Waals surface area contributed by atoms with E-state index in [1.807, 2.05) is 0 Å². The van der Waals surface area contributed by atoms with Crippen LogP contribution in [0.1, 0.15) is 18.9 Å². The zero-order chi connectivity index (χ0) is 25.1. The Bertz CT molecular complexity index is 1350. The summed E-state index contributed by atoms with van der Waals surface area (Å²) < 4.78 is 2.99. The average Bonchev–Trinajstić information content (AvgIpc) is 3.49. The fraction of sp³-hybridized carbons (Fsp3) is 0.353. The van der Waals surface area contributed by atoms with Crippen molar-refractivity contribution in [3.63, 3.8) is 0 Å². The second-order valence-electron chi connectivity index (χ2n) is 12.0. The summed E-state index contributed by atoms with van der Waals surface area (Å²) in [4.78, 5) is 0. The van der Waals surface area contributed by atoms with Crippen LogP contribution >= 0.6 is 0 Å². The molecule has 2 fully saturated rings. The maximum Gasteiger partial charge on any atom is 0.129 e. The van der Waals surface area contributed by atoms with Gasteiger partial charge in [-0.3, -0.25) is 5.32 Å². The molecule has 7 atom stereocenters. The molecule has 1 N–H and O–H groups in total. The summed E-state index contributed by atoms with van der Waals surface area (Å²) in [5.41, 5.74) is 3.51. The van der Waals surface area contributed by atoms with Crippen molar-refractivity contribution in [1.29, 1.82) is 0 Å². The van der Waals surface area contributed by atoms with Crippen LogP contribution in [0.15, 0.2) is 109 Å². The van der Waals surface area contributed by atoms with E-state index < -0.39 is 8.24 Å². The Hall–Kier alpha value is -2.72. The van der Waals surface area contributed by atoms with Crippen LogP contribution in [-0.2, 0) is 0 Å². The van der Waals surface area contributed by atoms with Crippen molar-refractivity contribution in [2.45, 2.75) is 50.2 Å². The van der Waals surface area contributed by atoms with Crippen LogP contribution in [0.4, 0.5) is 0 Å². The van der Waals surface area contributed by atoms with Crippen molar-refractivity contribution < 1.29 is 0 Å². The van der Waals surface area contributed by atoms with Gasteiger partial charge in [0.2, 0.25) is 0 Å². The van der Waals surface area contributed by atoms with Gasteiger partial charge in [-0.15, -0.1) is 0 Å². The lowest BCUT2D eigenvalue weighted by Gasteiger charge is -2.48. The van der Waals surface area contributed by atoms with Gasteiger partial charge < -0.3 is 4.57 Å². The number of allylic oxidation sites excluding steroid dienone is 10. The average molecular weight is 503 g/mol. The van der Waals surface area contributed by atoms with Gasteiger partial charge in [0.05, 0.1) is 12.2 Å². The van der Waals surface area contributed by atoms with Crippen molar-refractivity contribution in [3.8, 4) is 0 Å². The molecule has 0 amide bonds. The molecule has 2 aromatic carbocycles. The van der Waals surface area contributed by atoms with Gasteiger partial charge in [-0.25, -0.2) is 0 Å². The topological polar surface area (TPSA) is 15.3 Å². The Kier molecular flexibility index (Phi) is 5.65. The molecule has 1 saturated carbocycles. The first-order valence-corrected chi connectivity index (χ1v) is 17.2. The molecular weight excluding hydrogens is 464 g/mol. The molecule has 1 saturated heterocycles. The van der Waals surface area contributed by atoms with Gasteiger partial charge in [-0.2, -0.15) is 0 Å². The standard InChI is InChI=1S/C34H38N2Si/c1-4-32-35-33-28(25-20-11-14-23-13-5-6-15-24(23)25)21-12-22-31(33)36(32)37(2,3)34-29-18-9-7-16-26(29)27-17-8-10-19-30(27)34/h5-22,26-27,29-35H,4H2,1-3H3/t26?,27?,29?,30?,31-,32+,33?,34?/m1/s1. The Morgan fingerprint density at radius 3 is 2.11 bits per heavy atom. The summed E-state index contributed by atoms with van der Waals surface area (Å²) in [6, 6.07) is 16.3. The molecule has 3 heteroatoms. The molecule has 5 aliphatic rings. The smallest absolute Gasteiger partial charge is 0.129 e. The summed E-state index contributed by atoms with van der Waals surface area (Å²) in [7, 11) is -1.91. The number of benzene rings is 2. The van der Waals surface area contributed by atoms with Gasteiger partial charge in [-0.1, -0.05) is 129 Å². The molecule has 188 valence electrons. The first-order chi connectivity index (χ1) is 18.1. The minimum Gasteiger partial charge on any atom is -0.301 e. The highest BCUT2D eigenvalue weighted by atomic mass is 28.3. The number of nitrogens with zero attached hydrogens (tertiary/aromatic N) is 1. The second-order valence-corrected chi connectivity index (χ2v) is 16.5. The maximum absolute atomic E-state index is 4.16. The first kappa shape index (κ1) is 23.4. The highest BCUT2D eigenvalue weighted by Crippen LogP contribution is 2.59. The largest absolute Gasteiger partial charge is 0.301 e. The number of fused-ring (bicyclic) bond motifs is 5. The number of nitrogens with one attached hydrogen (secondary N) is 1. The molecule has 7 rings (SSSR count). The summed E-state index contributed by atoms with van der Waals surface area (Å²) in [6.07, 6.45) is 28.0. The van der Waals surface area contributed by atoms with Gasteiger partial charge in [0.15, 0.2) is 0 Å². The zero-order valence-corrected chi connectivity index (χ0v) is 23.2. The van der Waals surface area contributed by atoms with Gasteiger partial charge in [0.1, 0.15) is 8.24 Å². The predicted molar refractivity (Wildman–Crippen MR) is 159 cm³/mol. The molecule has 2 nitrogen and oxygen atoms in total. The lowest BCUT2D eigenvalue weighted by atomic mass is 9.83. The molecule has 0 aromatic heterocycles. The normalized spacial score (nSPS) is 36.0. The minimum absolute atomic E-state index is 0.323. The molecule has 0 spiro atoms. The van der Waals surface area contributed by atoms with E-state index in [1.165, 1.54) is 21.9 Å². The van der Waals surface area contributed by atoms with Crippen LogP contribution in [0.5, 0.6) is 0 Å². The van der Waals surface area contributed by atoms with Gasteiger partial charge >= 0.3 is 0 Å². The predicted octanol–water partition coefficient (Wildman–Crippen LogP) is 7.48. The van der Waals surface area contributed by atoms with Crippen LogP contribution < -0.4 is 5.32 Å². The molecule has 1 aliphatic heterocycles. The number of rotatable bonds is 4. The quantitative estimate of drug-likeness (QED) is 0.436. The van der Waals surface area contributed by atoms with Gasteiger partial charge in [0, 0.05) is 6.04 Å². The van der Waals surface area contributed by atoms with E-state index in [0.29, 0.717) is 47.5 Å². The summed E-state index contributed by atoms with van der Waals surface area (Å²) in [6.45, 7) is 7.71. The molecule has 5 unspecified atom stereocenters. The third-order valence-electron chi connectivity index (χ3n) is 9.98. The third-order valence-corrected chi connectivity index (χ3v) is 14.3. The molecule has 0 radical (unpaired) electrons. The molecule has 2 aromatic rings. The lowest BCUT2D eigenvalue weighted by Crippen LogP contribution is -2.60. The zero-order valence-electron chi connectivity index (χ0n) is 22.2. The van der Waals surface area contributed by atoms with E-state index in [-0.39, 0.29) is 0 Å². The summed E-state index contributed by atoms with van der Waals surface area (Å²) in [5.74, 6) is 2.53. The molecule has 4 aliphatic carbocycles.